The molecule has 1 nitrogen and oxygen atoms in total. The van der Waals surface area contributed by atoms with Crippen molar-refractivity contribution in [2.75, 3.05) is 0 Å². The van der Waals surface area contributed by atoms with Crippen molar-refractivity contribution in [3.8, 4) is 0 Å². The molecular weight excluding hydrogens is 168 g/mol. The zero-order chi connectivity index (χ0) is 9.07. The van der Waals surface area contributed by atoms with Crippen LogP contribution in [0.15, 0.2) is 0 Å². The second kappa shape index (κ2) is 4.43. The van der Waals surface area contributed by atoms with Crippen molar-refractivity contribution in [1.82, 2.24) is 0 Å². The lowest BCUT2D eigenvalue weighted by Crippen LogP contribution is -2.36. The molecule has 0 aromatic heterocycles. The van der Waals surface area contributed by atoms with E-state index in [0.29, 0.717) is 0 Å². The van der Waals surface area contributed by atoms with Crippen molar-refractivity contribution in [1.29, 1.82) is 0 Å². The van der Waals surface area contributed by atoms with E-state index in [-0.39, 0.29) is 0 Å². The Morgan fingerprint density at radius 1 is 1.27 bits per heavy atom. The molecule has 67 valence electrons. The molecule has 0 heterocycles. The van der Waals surface area contributed by atoms with Gasteiger partial charge in [-0.15, -0.1) is 0 Å². The smallest absolute Gasteiger partial charge is 0.191 e. The van der Waals surface area contributed by atoms with E-state index in [2.05, 4.69) is 40.0 Å². The first-order valence-electron chi connectivity index (χ1n) is 4.32. The third-order valence-electron chi connectivity index (χ3n) is 1.38. The average Bonchev–Trinajstić information content (AvgIpc) is 1.53. The molecule has 0 aromatic rings. The van der Waals surface area contributed by atoms with Gasteiger partial charge in [0.25, 0.3) is 0 Å². The van der Waals surface area contributed by atoms with E-state index in [1.807, 2.05) is 0 Å². The van der Waals surface area contributed by atoms with Crippen LogP contribution in [0.3, 0.4) is 0 Å². The predicted octanol–water partition coefficient (Wildman–Crippen LogP) is 3.12. The Balaban J connectivity index is 3.79. The largest absolute Gasteiger partial charge is 0.456 e. The topological polar surface area (TPSA) is 9.23 Å². The fourth-order valence-corrected chi connectivity index (χ4v) is 8.30. The van der Waals surface area contributed by atoms with Crippen LogP contribution in [0.1, 0.15) is 13.8 Å². The SMILES string of the molecule is CC(C)C[Si](C)(C)O[Si](C)C. The van der Waals surface area contributed by atoms with Gasteiger partial charge < -0.3 is 4.12 Å². The summed E-state index contributed by atoms with van der Waals surface area (Å²) in [5.41, 5.74) is 0. The molecule has 0 amide bonds. The third kappa shape index (κ3) is 6.78. The first kappa shape index (κ1) is 11.4. The van der Waals surface area contributed by atoms with Gasteiger partial charge in [0, 0.05) is 0 Å². The van der Waals surface area contributed by atoms with Gasteiger partial charge in [0.15, 0.2) is 17.4 Å². The summed E-state index contributed by atoms with van der Waals surface area (Å²) in [6.07, 6.45) is 0. The van der Waals surface area contributed by atoms with Gasteiger partial charge in [-0.05, 0) is 38.2 Å². The van der Waals surface area contributed by atoms with Crippen molar-refractivity contribution in [3.05, 3.63) is 0 Å². The van der Waals surface area contributed by atoms with Crippen molar-refractivity contribution >= 4 is 17.4 Å². The molecule has 0 saturated heterocycles. The van der Waals surface area contributed by atoms with E-state index in [0.717, 1.165) is 5.92 Å². The van der Waals surface area contributed by atoms with Gasteiger partial charge in [-0.3, -0.25) is 0 Å². The van der Waals surface area contributed by atoms with Crippen LogP contribution in [-0.2, 0) is 4.12 Å². The molecule has 11 heavy (non-hydrogen) atoms. The van der Waals surface area contributed by atoms with Gasteiger partial charge in [-0.1, -0.05) is 13.8 Å². The highest BCUT2D eigenvalue weighted by Gasteiger charge is 2.24. The second-order valence-corrected chi connectivity index (χ2v) is 10.9. The van der Waals surface area contributed by atoms with Gasteiger partial charge in [-0.2, -0.15) is 0 Å². The summed E-state index contributed by atoms with van der Waals surface area (Å²) in [7, 11) is -1.76. The van der Waals surface area contributed by atoms with Crippen LogP contribution in [0.4, 0.5) is 0 Å². The summed E-state index contributed by atoms with van der Waals surface area (Å²) in [5, 5.41) is 0. The number of hydrogen-bond donors (Lipinski definition) is 0. The average molecular weight is 189 g/mol. The molecule has 0 atom stereocenters. The van der Waals surface area contributed by atoms with E-state index in [1.165, 1.54) is 6.04 Å². The van der Waals surface area contributed by atoms with Crippen LogP contribution in [0.5, 0.6) is 0 Å². The lowest BCUT2D eigenvalue weighted by Gasteiger charge is -2.26. The number of rotatable bonds is 4. The highest BCUT2D eigenvalue weighted by atomic mass is 28.4. The molecule has 0 aromatic carbocycles. The molecule has 0 rings (SSSR count). The molecule has 0 bridgehead atoms. The Morgan fingerprint density at radius 3 is 2.00 bits per heavy atom. The predicted molar refractivity (Wildman–Crippen MR) is 55.7 cm³/mol. The minimum atomic E-state index is -1.28. The highest BCUT2D eigenvalue weighted by molar-refractivity contribution is 6.77. The van der Waals surface area contributed by atoms with E-state index in [9.17, 15) is 0 Å². The van der Waals surface area contributed by atoms with Gasteiger partial charge in [0.2, 0.25) is 0 Å². The Bertz CT molecular complexity index is 98.7. The zero-order valence-electron chi connectivity index (χ0n) is 8.69. The minimum absolute atomic E-state index is 0.475. The summed E-state index contributed by atoms with van der Waals surface area (Å²) in [5.74, 6) is 0.790. The van der Waals surface area contributed by atoms with Crippen molar-refractivity contribution in [2.45, 2.75) is 46.1 Å². The van der Waals surface area contributed by atoms with Crippen molar-refractivity contribution in [3.63, 3.8) is 0 Å². The van der Waals surface area contributed by atoms with Gasteiger partial charge in [0.05, 0.1) is 0 Å². The molecule has 1 radical (unpaired) electrons. The quantitative estimate of drug-likeness (QED) is 0.618. The maximum absolute atomic E-state index is 5.99. The lowest BCUT2D eigenvalue weighted by molar-refractivity contribution is 0.547. The second-order valence-electron chi connectivity index (χ2n) is 4.37. The van der Waals surface area contributed by atoms with Crippen LogP contribution in [-0.4, -0.2) is 17.4 Å². The maximum Gasteiger partial charge on any atom is 0.191 e. The Morgan fingerprint density at radius 2 is 1.73 bits per heavy atom. The Hall–Kier alpha value is 0.394. The van der Waals surface area contributed by atoms with E-state index in [4.69, 9.17) is 4.12 Å². The van der Waals surface area contributed by atoms with Crippen LogP contribution < -0.4 is 0 Å². The first-order valence-corrected chi connectivity index (χ1v) is 9.85. The summed E-state index contributed by atoms with van der Waals surface area (Å²) in [4.78, 5) is 0. The zero-order valence-corrected chi connectivity index (χ0v) is 10.7. The van der Waals surface area contributed by atoms with Gasteiger partial charge >= 0.3 is 0 Å². The summed E-state index contributed by atoms with van der Waals surface area (Å²) in [6.45, 7) is 13.6. The van der Waals surface area contributed by atoms with Gasteiger partial charge in [-0.25, -0.2) is 0 Å². The standard InChI is InChI=1S/C8H21OSi2/c1-8(2)7-11(5,6)9-10(3)4/h8H,7H2,1-6H3. The molecule has 0 N–H and O–H groups in total. The maximum atomic E-state index is 5.99. The summed E-state index contributed by atoms with van der Waals surface area (Å²) >= 11 is 0. The van der Waals surface area contributed by atoms with Crippen molar-refractivity contribution < 1.29 is 4.12 Å². The fraction of sp³-hybridized carbons (Fsp3) is 1.00. The van der Waals surface area contributed by atoms with Crippen LogP contribution in [0.25, 0.3) is 0 Å². The molecule has 0 spiro atoms. The summed E-state index contributed by atoms with van der Waals surface area (Å²) in [6, 6.07) is 1.29. The molecule has 0 aliphatic heterocycles. The van der Waals surface area contributed by atoms with Gasteiger partial charge in [0.1, 0.15) is 0 Å². The van der Waals surface area contributed by atoms with E-state index < -0.39 is 17.4 Å². The summed E-state index contributed by atoms with van der Waals surface area (Å²) < 4.78 is 5.99. The monoisotopic (exact) mass is 189 g/mol. The Labute approximate surface area is 74.0 Å². The van der Waals surface area contributed by atoms with Crippen LogP contribution >= 0.6 is 0 Å². The first-order chi connectivity index (χ1) is 4.83. The molecule has 3 heteroatoms. The minimum Gasteiger partial charge on any atom is -0.456 e. The normalized spacial score (nSPS) is 13.1. The molecule has 0 aliphatic rings. The lowest BCUT2D eigenvalue weighted by atomic mass is 10.3. The van der Waals surface area contributed by atoms with E-state index >= 15 is 0 Å². The van der Waals surface area contributed by atoms with Crippen LogP contribution in [0.2, 0.25) is 32.2 Å². The Kier molecular flexibility index (Phi) is 4.59. The molecule has 0 fully saturated rings. The molecule has 0 saturated carbocycles. The highest BCUT2D eigenvalue weighted by Crippen LogP contribution is 2.18. The van der Waals surface area contributed by atoms with E-state index in [1.54, 1.807) is 0 Å². The van der Waals surface area contributed by atoms with Crippen LogP contribution in [0, 0.1) is 5.92 Å². The van der Waals surface area contributed by atoms with Crippen molar-refractivity contribution in [2.24, 2.45) is 5.92 Å². The fourth-order valence-electron chi connectivity index (χ4n) is 1.58. The molecule has 0 unspecified atom stereocenters. The molecule has 0 aliphatic carbocycles. The third-order valence-corrected chi connectivity index (χ3v) is 7.02. The number of hydrogen-bond acceptors (Lipinski definition) is 1. The molecular formula is C8H21OSi2.